The van der Waals surface area contributed by atoms with Gasteiger partial charge in [-0.2, -0.15) is 15.5 Å². The number of pyridine rings is 1. The van der Waals surface area contributed by atoms with Crippen molar-refractivity contribution in [3.05, 3.63) is 117 Å². The molecule has 2 aliphatic rings. The Kier molecular flexibility index (Phi) is 9.21. The normalized spacial score (nSPS) is 17.1. The first-order valence-electron chi connectivity index (χ1n) is 16.8. The van der Waals surface area contributed by atoms with Gasteiger partial charge in [-0.3, -0.25) is 23.9 Å². The number of fused-ring (bicyclic) bond motifs is 1. The molecular weight excluding hydrogens is 736 g/mol. The summed E-state index contributed by atoms with van der Waals surface area (Å²) in [4.78, 5) is 52.2. The monoisotopic (exact) mass is 767 g/mol. The summed E-state index contributed by atoms with van der Waals surface area (Å²) in [5.74, 6) is -2.34. The zero-order chi connectivity index (χ0) is 38.6. The molecule has 3 aromatic heterocycles. The number of halogens is 3. The van der Waals surface area contributed by atoms with E-state index in [0.717, 1.165) is 0 Å². The Morgan fingerprint density at radius 3 is 2.30 bits per heavy atom. The SMILES string of the molecule is CC(C)(NC(=O)C1(NC(=O)c2cnc3n2[C@](C)(Cc2ccc(C#N)cc2)C(=O)N3c2cc(Cl)c(F)c(Cl)c2)CC1)c1ccc(-c2ccc(CO)nc2)nn1. The maximum absolute atomic E-state index is 14.4. The highest BCUT2D eigenvalue weighted by molar-refractivity contribution is 6.35. The van der Waals surface area contributed by atoms with E-state index in [9.17, 15) is 29.1 Å². The zero-order valence-corrected chi connectivity index (χ0v) is 30.7. The number of nitrogens with one attached hydrogen (secondary N) is 2. The molecule has 54 heavy (non-hydrogen) atoms. The zero-order valence-electron chi connectivity index (χ0n) is 29.2. The summed E-state index contributed by atoms with van der Waals surface area (Å²) in [7, 11) is 0. The second kappa shape index (κ2) is 13.6. The minimum atomic E-state index is -1.44. The van der Waals surface area contributed by atoms with E-state index in [1.165, 1.54) is 27.8 Å². The molecule has 1 saturated carbocycles. The first-order chi connectivity index (χ1) is 25.7. The molecule has 0 unspecified atom stereocenters. The Morgan fingerprint density at radius 2 is 1.72 bits per heavy atom. The second-order valence-electron chi connectivity index (χ2n) is 14.0. The van der Waals surface area contributed by atoms with Crippen LogP contribution in [0.2, 0.25) is 10.0 Å². The first kappa shape index (κ1) is 36.6. The fourth-order valence-corrected chi connectivity index (χ4v) is 6.97. The van der Waals surface area contributed by atoms with Crippen LogP contribution < -0.4 is 15.5 Å². The molecule has 0 radical (unpaired) electrons. The van der Waals surface area contributed by atoms with Crippen LogP contribution in [0.1, 0.15) is 66.6 Å². The van der Waals surface area contributed by atoms with Crippen molar-refractivity contribution in [2.45, 2.75) is 63.3 Å². The van der Waals surface area contributed by atoms with Crippen molar-refractivity contribution in [2.24, 2.45) is 0 Å². The van der Waals surface area contributed by atoms with E-state index in [-0.39, 0.29) is 40.4 Å². The molecule has 1 aliphatic carbocycles. The van der Waals surface area contributed by atoms with Gasteiger partial charge in [-0.05, 0) is 87.7 Å². The number of carbonyl (C=O) groups is 3. The van der Waals surface area contributed by atoms with Crippen molar-refractivity contribution in [3.63, 3.8) is 0 Å². The van der Waals surface area contributed by atoms with E-state index in [1.807, 2.05) is 0 Å². The molecule has 3 amide bonds. The van der Waals surface area contributed by atoms with Crippen LogP contribution in [0.3, 0.4) is 0 Å². The van der Waals surface area contributed by atoms with Crippen LogP contribution in [0.4, 0.5) is 16.0 Å². The average Bonchev–Trinajstić information content (AvgIpc) is 3.76. The lowest BCUT2D eigenvalue weighted by Crippen LogP contribution is -2.54. The van der Waals surface area contributed by atoms with Gasteiger partial charge < -0.3 is 15.7 Å². The molecule has 3 N–H and O–H groups in total. The Balaban J connectivity index is 1.15. The summed E-state index contributed by atoms with van der Waals surface area (Å²) in [5.41, 5.74) is -0.0981. The van der Waals surface area contributed by atoms with Crippen molar-refractivity contribution in [1.29, 1.82) is 5.26 Å². The van der Waals surface area contributed by atoms with Crippen molar-refractivity contribution in [3.8, 4) is 17.3 Å². The van der Waals surface area contributed by atoms with E-state index in [2.05, 4.69) is 36.9 Å². The minimum Gasteiger partial charge on any atom is -0.390 e. The molecule has 0 saturated heterocycles. The molecule has 13 nitrogen and oxygen atoms in total. The Labute approximate surface area is 318 Å². The van der Waals surface area contributed by atoms with Gasteiger partial charge in [0.15, 0.2) is 5.82 Å². The summed E-state index contributed by atoms with van der Waals surface area (Å²) in [6.07, 6.45) is 3.72. The Morgan fingerprint density at radius 1 is 1.02 bits per heavy atom. The highest BCUT2D eigenvalue weighted by atomic mass is 35.5. The maximum atomic E-state index is 14.4. The van der Waals surface area contributed by atoms with E-state index >= 15 is 0 Å². The highest BCUT2D eigenvalue weighted by Crippen LogP contribution is 2.45. The molecule has 1 atom stereocenters. The number of benzene rings is 2. The third-order valence-electron chi connectivity index (χ3n) is 9.74. The smallest absolute Gasteiger partial charge is 0.270 e. The van der Waals surface area contributed by atoms with Gasteiger partial charge in [0, 0.05) is 18.2 Å². The number of imidazole rings is 1. The van der Waals surface area contributed by atoms with E-state index in [4.69, 9.17) is 23.2 Å². The summed E-state index contributed by atoms with van der Waals surface area (Å²) >= 11 is 12.2. The van der Waals surface area contributed by atoms with E-state index < -0.39 is 40.2 Å². The number of hydrogen-bond donors (Lipinski definition) is 3. The van der Waals surface area contributed by atoms with Gasteiger partial charge in [-0.25, -0.2) is 14.3 Å². The summed E-state index contributed by atoms with van der Waals surface area (Å²) in [6, 6.07) is 18.2. The number of aliphatic hydroxyl groups excluding tert-OH is 1. The number of nitriles is 1. The van der Waals surface area contributed by atoms with Gasteiger partial charge in [0.1, 0.15) is 16.8 Å². The third-order valence-corrected chi connectivity index (χ3v) is 10.3. The number of aliphatic hydroxyl groups is 1. The predicted molar refractivity (Wildman–Crippen MR) is 196 cm³/mol. The van der Waals surface area contributed by atoms with Gasteiger partial charge in [-0.15, -0.1) is 0 Å². The van der Waals surface area contributed by atoms with Gasteiger partial charge in [0.25, 0.3) is 11.8 Å². The average molecular weight is 769 g/mol. The molecule has 7 rings (SSSR count). The lowest BCUT2D eigenvalue weighted by molar-refractivity contribution is -0.126. The van der Waals surface area contributed by atoms with Crippen molar-refractivity contribution in [2.75, 3.05) is 4.90 Å². The van der Waals surface area contributed by atoms with Gasteiger partial charge >= 0.3 is 0 Å². The largest absolute Gasteiger partial charge is 0.390 e. The fourth-order valence-electron chi connectivity index (χ4n) is 6.50. The molecule has 4 heterocycles. The number of amides is 3. The minimum absolute atomic E-state index is 0.0117. The third kappa shape index (κ3) is 6.44. The second-order valence-corrected chi connectivity index (χ2v) is 14.8. The van der Waals surface area contributed by atoms with E-state index in [1.54, 1.807) is 75.5 Å². The van der Waals surface area contributed by atoms with Crippen LogP contribution in [0.5, 0.6) is 0 Å². The quantitative estimate of drug-likeness (QED) is 0.155. The van der Waals surface area contributed by atoms with Crippen LogP contribution in [-0.4, -0.2) is 53.1 Å². The van der Waals surface area contributed by atoms with Gasteiger partial charge in [0.05, 0.1) is 62.8 Å². The number of hydrogen-bond acceptors (Lipinski definition) is 9. The predicted octanol–water partition coefficient (Wildman–Crippen LogP) is 5.50. The molecule has 1 fully saturated rings. The topological polar surface area (TPSA) is 179 Å². The van der Waals surface area contributed by atoms with Crippen LogP contribution in [0.25, 0.3) is 11.3 Å². The lowest BCUT2D eigenvalue weighted by atomic mass is 9.91. The van der Waals surface area contributed by atoms with Crippen molar-refractivity contribution >= 4 is 52.6 Å². The number of rotatable bonds is 10. The summed E-state index contributed by atoms with van der Waals surface area (Å²) in [6.45, 7) is 5.02. The van der Waals surface area contributed by atoms with Crippen molar-refractivity contribution < 1.29 is 23.9 Å². The van der Waals surface area contributed by atoms with Gasteiger partial charge in [0.2, 0.25) is 11.9 Å². The van der Waals surface area contributed by atoms with Crippen LogP contribution >= 0.6 is 23.2 Å². The number of aromatic nitrogens is 5. The summed E-state index contributed by atoms with van der Waals surface area (Å²) < 4.78 is 15.9. The molecule has 2 aromatic carbocycles. The van der Waals surface area contributed by atoms with Crippen LogP contribution in [-0.2, 0) is 33.7 Å². The Hall–Kier alpha value is -5.75. The molecule has 5 aromatic rings. The highest BCUT2D eigenvalue weighted by Gasteiger charge is 2.55. The molecule has 16 heteroatoms. The number of anilines is 2. The van der Waals surface area contributed by atoms with Crippen LogP contribution in [0, 0.1) is 17.1 Å². The standard InChI is InChI=1S/C38H32Cl2FN9O4/c1-36(2,30-11-10-28(47-48-30)23-8-9-24(20-51)43-18-23)46-33(53)38(12-13-38)45-32(52)29-19-44-35-49(25-14-26(39)31(41)27(40)15-25)34(54)37(3,50(29)35)16-21-4-6-22(17-42)7-5-21/h4-11,14-15,18-19,51H,12-13,16,20H2,1-3H3,(H,45,52)(H,46,53)/t37-/m1/s1. The molecule has 0 bridgehead atoms. The van der Waals surface area contributed by atoms with Gasteiger partial charge in [-0.1, -0.05) is 35.3 Å². The number of nitrogens with zero attached hydrogens (tertiary/aromatic N) is 7. The molecule has 274 valence electrons. The van der Waals surface area contributed by atoms with E-state index in [0.29, 0.717) is 46.6 Å². The lowest BCUT2D eigenvalue weighted by Gasteiger charge is -2.29. The molecule has 0 spiro atoms. The Bertz CT molecular complexity index is 2330. The maximum Gasteiger partial charge on any atom is 0.270 e. The molecule has 1 aliphatic heterocycles. The van der Waals surface area contributed by atoms with Crippen molar-refractivity contribution in [1.82, 2.24) is 35.4 Å². The molecular formula is C38H32Cl2FN9O4. The first-order valence-corrected chi connectivity index (χ1v) is 17.6. The fraction of sp³-hybridized carbons (Fsp3) is 0.263. The summed E-state index contributed by atoms with van der Waals surface area (Å²) in [5, 5.41) is 32.5. The van der Waals surface area contributed by atoms with Crippen LogP contribution in [0.15, 0.2) is 73.1 Å². The number of carbonyl (C=O) groups excluding carboxylic acids is 3.